The van der Waals surface area contributed by atoms with Crippen LogP contribution in [0.2, 0.25) is 0 Å². The number of fused-ring (bicyclic) bond motifs is 1. The van der Waals surface area contributed by atoms with Crippen LogP contribution in [0.1, 0.15) is 42.3 Å². The summed E-state index contributed by atoms with van der Waals surface area (Å²) in [6, 6.07) is 10.0. The van der Waals surface area contributed by atoms with Gasteiger partial charge < -0.3 is 19.7 Å². The number of ether oxygens (including phenoxy) is 1. The van der Waals surface area contributed by atoms with E-state index in [9.17, 15) is 14.0 Å². The zero-order valence-corrected chi connectivity index (χ0v) is 22.9. The maximum atomic E-state index is 14.4. The molecule has 2 aromatic heterocycles. The molecule has 0 radical (unpaired) electrons. The van der Waals surface area contributed by atoms with Gasteiger partial charge in [0, 0.05) is 56.5 Å². The number of aldehydes is 1. The first kappa shape index (κ1) is 28.3. The molecule has 0 unspecified atom stereocenters. The fourth-order valence-corrected chi connectivity index (χ4v) is 3.62. The van der Waals surface area contributed by atoms with Crippen molar-refractivity contribution < 1.29 is 18.7 Å². The summed E-state index contributed by atoms with van der Waals surface area (Å²) < 4.78 is 22.3. The van der Waals surface area contributed by atoms with E-state index >= 15 is 0 Å². The minimum atomic E-state index is -0.457. The maximum absolute atomic E-state index is 14.4. The molecular formula is C29H34FN5O3. The van der Waals surface area contributed by atoms with Crippen LogP contribution in [0.3, 0.4) is 0 Å². The predicted molar refractivity (Wildman–Crippen MR) is 148 cm³/mol. The average Bonchev–Trinajstić information content (AvgIpc) is 3.39. The number of halogens is 1. The van der Waals surface area contributed by atoms with Crippen molar-refractivity contribution >= 4 is 28.8 Å². The summed E-state index contributed by atoms with van der Waals surface area (Å²) in [6.07, 6.45) is 6.10. The monoisotopic (exact) mass is 519 g/mol. The Kier molecular flexibility index (Phi) is 8.83. The molecule has 0 atom stereocenters. The first-order valence-corrected chi connectivity index (χ1v) is 12.2. The molecule has 200 valence electrons. The Morgan fingerprint density at radius 3 is 2.47 bits per heavy atom. The highest BCUT2D eigenvalue weighted by Gasteiger charge is 2.15. The molecule has 4 aromatic rings. The van der Waals surface area contributed by atoms with Gasteiger partial charge in [-0.25, -0.2) is 4.39 Å². The van der Waals surface area contributed by atoms with Gasteiger partial charge in [-0.05, 0) is 63.6 Å². The number of hydrogen-bond acceptors (Lipinski definition) is 6. The number of hydrogen-bond donors (Lipinski definition) is 1. The second-order valence-corrected chi connectivity index (χ2v) is 9.97. The van der Waals surface area contributed by atoms with Crippen molar-refractivity contribution in [1.29, 1.82) is 0 Å². The molecule has 9 heteroatoms. The molecule has 2 heterocycles. The lowest BCUT2D eigenvalue weighted by Crippen LogP contribution is -2.21. The normalized spacial score (nSPS) is 10.9. The van der Waals surface area contributed by atoms with E-state index in [0.29, 0.717) is 45.4 Å². The first-order chi connectivity index (χ1) is 18.0. The zero-order chi connectivity index (χ0) is 28.0. The van der Waals surface area contributed by atoms with Crippen molar-refractivity contribution in [2.75, 3.05) is 26.5 Å². The number of pyridine rings is 1. The Hall–Kier alpha value is -4.27. The molecule has 0 saturated carbocycles. The van der Waals surface area contributed by atoms with Crippen molar-refractivity contribution in [1.82, 2.24) is 19.7 Å². The standard InChI is InChI=1S/C21H19FN2O3.C8H15N3/c1-13-18(7-5-14(9-11-25)20(13)22)27-19-8-10-23-17-6-4-15(12-16(17)19)21(26)24(2)3;1-8(2,3)11-6-7(9-4)5-10-11/h4-8,10-12H,9H2,1-3H3;5-6,9H,1-4H3. The van der Waals surface area contributed by atoms with Crippen LogP contribution < -0.4 is 10.1 Å². The SMILES string of the molecule is CNc1cnn(C(C)(C)C)c1.Cc1c(Oc2ccnc3ccc(C(=O)N(C)C)cc23)ccc(CC=O)c1F. The molecule has 0 spiro atoms. The van der Waals surface area contributed by atoms with Crippen molar-refractivity contribution in [3.05, 3.63) is 77.5 Å². The van der Waals surface area contributed by atoms with Crippen LogP contribution in [0, 0.1) is 12.7 Å². The van der Waals surface area contributed by atoms with Crippen molar-refractivity contribution in [2.45, 2.75) is 39.7 Å². The lowest BCUT2D eigenvalue weighted by atomic mass is 10.1. The predicted octanol–water partition coefficient (Wildman–Crippen LogP) is 5.60. The second-order valence-electron chi connectivity index (χ2n) is 9.97. The van der Waals surface area contributed by atoms with Gasteiger partial charge in [-0.1, -0.05) is 6.07 Å². The van der Waals surface area contributed by atoms with E-state index in [1.807, 2.05) is 24.1 Å². The number of aromatic nitrogens is 3. The molecule has 1 amide bonds. The number of benzene rings is 2. The van der Waals surface area contributed by atoms with E-state index in [-0.39, 0.29) is 17.9 Å². The number of carbonyl (C=O) groups is 2. The third-order valence-corrected chi connectivity index (χ3v) is 5.85. The van der Waals surface area contributed by atoms with Gasteiger partial charge in [-0.2, -0.15) is 5.10 Å². The maximum Gasteiger partial charge on any atom is 0.253 e. The fraction of sp³-hybridized carbons (Fsp3) is 0.310. The molecule has 8 nitrogen and oxygen atoms in total. The molecule has 4 rings (SSSR count). The van der Waals surface area contributed by atoms with Crippen LogP contribution in [-0.4, -0.2) is 53.0 Å². The van der Waals surface area contributed by atoms with Crippen molar-refractivity contribution in [3.8, 4) is 11.5 Å². The largest absolute Gasteiger partial charge is 0.456 e. The molecule has 1 N–H and O–H groups in total. The molecule has 0 fully saturated rings. The molecule has 0 aliphatic rings. The Labute approximate surface area is 222 Å². The van der Waals surface area contributed by atoms with E-state index in [0.717, 1.165) is 5.69 Å². The van der Waals surface area contributed by atoms with Gasteiger partial charge in [0.15, 0.2) is 0 Å². The average molecular weight is 520 g/mol. The first-order valence-electron chi connectivity index (χ1n) is 12.2. The van der Waals surface area contributed by atoms with Crippen molar-refractivity contribution in [2.24, 2.45) is 0 Å². The summed E-state index contributed by atoms with van der Waals surface area (Å²) >= 11 is 0. The van der Waals surface area contributed by atoms with E-state index in [1.165, 1.54) is 11.0 Å². The zero-order valence-electron chi connectivity index (χ0n) is 22.9. The van der Waals surface area contributed by atoms with E-state index in [1.54, 1.807) is 57.5 Å². The fourth-order valence-electron chi connectivity index (χ4n) is 3.62. The number of anilines is 1. The molecule has 2 aromatic carbocycles. The summed E-state index contributed by atoms with van der Waals surface area (Å²) in [5.41, 5.74) is 2.95. The third kappa shape index (κ3) is 6.53. The van der Waals surface area contributed by atoms with E-state index < -0.39 is 5.82 Å². The topological polar surface area (TPSA) is 89.3 Å². The Morgan fingerprint density at radius 1 is 1.16 bits per heavy atom. The quantitative estimate of drug-likeness (QED) is 0.334. The molecule has 0 saturated heterocycles. The summed E-state index contributed by atoms with van der Waals surface area (Å²) in [4.78, 5) is 28.7. The Bertz CT molecular complexity index is 1440. The lowest BCUT2D eigenvalue weighted by molar-refractivity contribution is -0.107. The number of nitrogens with one attached hydrogen (secondary N) is 1. The molecular weight excluding hydrogens is 485 g/mol. The van der Waals surface area contributed by atoms with Gasteiger partial charge in [0.2, 0.25) is 0 Å². The van der Waals surface area contributed by atoms with Gasteiger partial charge in [0.25, 0.3) is 5.91 Å². The third-order valence-electron chi connectivity index (χ3n) is 5.85. The van der Waals surface area contributed by atoms with Gasteiger partial charge in [-0.3, -0.25) is 14.5 Å². The molecule has 38 heavy (non-hydrogen) atoms. The number of nitrogens with zero attached hydrogens (tertiary/aromatic N) is 4. The molecule has 0 aliphatic heterocycles. The van der Waals surface area contributed by atoms with Crippen LogP contribution in [0.25, 0.3) is 10.9 Å². The van der Waals surface area contributed by atoms with Gasteiger partial charge >= 0.3 is 0 Å². The van der Waals surface area contributed by atoms with Gasteiger partial charge in [-0.15, -0.1) is 0 Å². The minimum absolute atomic E-state index is 0.0150. The van der Waals surface area contributed by atoms with Crippen LogP contribution in [-0.2, 0) is 16.8 Å². The van der Waals surface area contributed by atoms with E-state index in [2.05, 4.69) is 36.2 Å². The van der Waals surface area contributed by atoms with Crippen LogP contribution in [0.15, 0.2) is 55.0 Å². The highest BCUT2D eigenvalue weighted by atomic mass is 19.1. The van der Waals surface area contributed by atoms with Gasteiger partial charge in [0.1, 0.15) is 23.6 Å². The Balaban J connectivity index is 0.000000304. The molecule has 0 bridgehead atoms. The summed E-state index contributed by atoms with van der Waals surface area (Å²) in [5, 5.41) is 7.90. The summed E-state index contributed by atoms with van der Waals surface area (Å²) in [7, 11) is 5.25. The smallest absolute Gasteiger partial charge is 0.253 e. The van der Waals surface area contributed by atoms with Crippen molar-refractivity contribution in [3.63, 3.8) is 0 Å². The minimum Gasteiger partial charge on any atom is -0.456 e. The number of amides is 1. The highest BCUT2D eigenvalue weighted by molar-refractivity contribution is 5.99. The lowest BCUT2D eigenvalue weighted by Gasteiger charge is -2.18. The number of rotatable bonds is 6. The highest BCUT2D eigenvalue weighted by Crippen LogP contribution is 2.33. The van der Waals surface area contributed by atoms with Crippen LogP contribution >= 0.6 is 0 Å². The van der Waals surface area contributed by atoms with Gasteiger partial charge in [0.05, 0.1) is 22.9 Å². The van der Waals surface area contributed by atoms with Crippen LogP contribution in [0.5, 0.6) is 11.5 Å². The Morgan fingerprint density at radius 2 is 1.89 bits per heavy atom. The summed E-state index contributed by atoms with van der Waals surface area (Å²) in [6.45, 7) is 7.97. The number of carbonyl (C=O) groups excluding carboxylic acids is 2. The molecule has 0 aliphatic carbocycles. The van der Waals surface area contributed by atoms with Crippen LogP contribution in [0.4, 0.5) is 10.1 Å². The second kappa shape index (κ2) is 11.9. The summed E-state index contributed by atoms with van der Waals surface area (Å²) in [5.74, 6) is 0.228. The van der Waals surface area contributed by atoms with E-state index in [4.69, 9.17) is 4.74 Å².